The molecule has 1 N–H and O–H groups in total. The third-order valence-electron chi connectivity index (χ3n) is 8.40. The van der Waals surface area contributed by atoms with Crippen LogP contribution in [-0.4, -0.2) is 37.0 Å². The van der Waals surface area contributed by atoms with E-state index in [2.05, 4.69) is 111 Å². The Kier molecular flexibility index (Phi) is 41.2. The fourth-order valence-electron chi connectivity index (χ4n) is 5.37. The monoisotopic (exact) mass is 707 g/mol. The second-order valence-corrected chi connectivity index (χ2v) is 13.3. The van der Waals surface area contributed by atoms with Gasteiger partial charge in [0.2, 0.25) is 0 Å². The van der Waals surface area contributed by atoms with Crippen molar-refractivity contribution in [1.29, 1.82) is 0 Å². The van der Waals surface area contributed by atoms with Gasteiger partial charge in [-0.1, -0.05) is 169 Å². The predicted octanol–water partition coefficient (Wildman–Crippen LogP) is 13.8. The summed E-state index contributed by atoms with van der Waals surface area (Å²) in [7, 11) is 0. The van der Waals surface area contributed by atoms with E-state index < -0.39 is 6.10 Å². The van der Waals surface area contributed by atoms with Gasteiger partial charge in [0.1, 0.15) is 6.10 Å². The number of aliphatic hydroxyl groups excluding tert-OH is 1. The molecule has 0 radical (unpaired) electrons. The smallest absolute Gasteiger partial charge is 0.306 e. The Hall–Kier alpha value is -2.69. The lowest BCUT2D eigenvalue weighted by Gasteiger charge is -2.15. The zero-order chi connectivity index (χ0) is 37.0. The Morgan fingerprint density at radius 3 is 1.24 bits per heavy atom. The van der Waals surface area contributed by atoms with Crippen molar-refractivity contribution in [3.05, 3.63) is 97.2 Å². The van der Waals surface area contributed by atoms with Crippen molar-refractivity contribution in [1.82, 2.24) is 0 Å². The van der Waals surface area contributed by atoms with Gasteiger partial charge in [-0.05, 0) is 89.9 Å². The Morgan fingerprint density at radius 2 is 0.824 bits per heavy atom. The minimum Gasteiger partial charge on any atom is -0.457 e. The van der Waals surface area contributed by atoms with Crippen LogP contribution in [-0.2, 0) is 14.3 Å². The molecule has 0 bridgehead atoms. The van der Waals surface area contributed by atoms with Crippen LogP contribution in [0.25, 0.3) is 0 Å². The van der Waals surface area contributed by atoms with Crippen molar-refractivity contribution in [3.8, 4) is 0 Å². The molecule has 0 spiro atoms. The van der Waals surface area contributed by atoms with Crippen molar-refractivity contribution in [3.63, 3.8) is 0 Å². The number of carbonyl (C=O) groups excluding carboxylic acids is 1. The van der Waals surface area contributed by atoms with Crippen LogP contribution in [0.5, 0.6) is 0 Å². The second kappa shape index (κ2) is 43.5. The number of carbonyl (C=O) groups is 1. The van der Waals surface area contributed by atoms with Crippen LogP contribution in [0.15, 0.2) is 97.2 Å². The van der Waals surface area contributed by atoms with E-state index in [4.69, 9.17) is 9.47 Å². The highest BCUT2D eigenvalue weighted by Gasteiger charge is 2.13. The lowest BCUT2D eigenvalue weighted by atomic mass is 10.1. The molecule has 51 heavy (non-hydrogen) atoms. The van der Waals surface area contributed by atoms with E-state index in [1.165, 1.54) is 57.8 Å². The molecule has 0 aliphatic rings. The number of unbranched alkanes of at least 4 members (excludes halogenated alkanes) is 13. The number of ether oxygens (including phenoxy) is 2. The molecular weight excluding hydrogens is 629 g/mol. The molecule has 1 unspecified atom stereocenters. The van der Waals surface area contributed by atoms with Crippen molar-refractivity contribution < 1.29 is 19.4 Å². The lowest BCUT2D eigenvalue weighted by molar-refractivity contribution is -0.154. The molecule has 0 saturated carbocycles. The third kappa shape index (κ3) is 41.6. The quantitative estimate of drug-likeness (QED) is 0.0397. The summed E-state index contributed by atoms with van der Waals surface area (Å²) in [5.74, 6) is -0.225. The van der Waals surface area contributed by atoms with Crippen molar-refractivity contribution >= 4 is 5.97 Å². The highest BCUT2D eigenvalue weighted by atomic mass is 16.6. The summed E-state index contributed by atoms with van der Waals surface area (Å²) in [5, 5.41) is 9.59. The lowest BCUT2D eigenvalue weighted by Crippen LogP contribution is -2.27. The van der Waals surface area contributed by atoms with Crippen LogP contribution >= 0.6 is 0 Å². The van der Waals surface area contributed by atoms with Crippen LogP contribution < -0.4 is 0 Å². The number of allylic oxidation sites excluding steroid dienone is 16. The normalized spacial score (nSPS) is 13.4. The van der Waals surface area contributed by atoms with Crippen LogP contribution in [0.3, 0.4) is 0 Å². The number of aliphatic hydroxyl groups is 1. The summed E-state index contributed by atoms with van der Waals surface area (Å²) < 4.78 is 11.1. The Bertz CT molecular complexity index is 965. The highest BCUT2D eigenvalue weighted by molar-refractivity contribution is 5.69. The molecular formula is C47H78O4. The van der Waals surface area contributed by atoms with Crippen LogP contribution in [0, 0.1) is 0 Å². The first-order valence-electron chi connectivity index (χ1n) is 20.8. The molecule has 0 saturated heterocycles. The molecule has 0 aromatic rings. The Labute approximate surface area is 315 Å². The number of rotatable bonds is 37. The minimum absolute atomic E-state index is 0.188. The molecule has 0 rings (SSSR count). The summed E-state index contributed by atoms with van der Waals surface area (Å²) in [4.78, 5) is 12.2. The number of hydrogen-bond donors (Lipinski definition) is 1. The SMILES string of the molecule is CC/C=C\C/C=C\C/C=C\C/C=C\C/C=C\CCCCCCCCCCOCC(CO)OC(=O)CCCCCCC/C=C\C/C=C\C/C=C\CC. The fraction of sp³-hybridized carbons (Fsp3) is 0.638. The van der Waals surface area contributed by atoms with E-state index in [1.807, 2.05) is 0 Å². The average molecular weight is 707 g/mol. The molecule has 4 nitrogen and oxygen atoms in total. The Balaban J connectivity index is 3.52. The maximum Gasteiger partial charge on any atom is 0.306 e. The van der Waals surface area contributed by atoms with Crippen molar-refractivity contribution in [2.45, 2.75) is 174 Å². The first kappa shape index (κ1) is 48.3. The summed E-state index contributed by atoms with van der Waals surface area (Å²) in [6.45, 7) is 5.07. The van der Waals surface area contributed by atoms with E-state index in [0.717, 1.165) is 89.9 Å². The molecule has 0 fully saturated rings. The average Bonchev–Trinajstić information content (AvgIpc) is 3.14. The van der Waals surface area contributed by atoms with E-state index >= 15 is 0 Å². The minimum atomic E-state index is -0.554. The van der Waals surface area contributed by atoms with Gasteiger partial charge in [0.25, 0.3) is 0 Å². The first-order valence-corrected chi connectivity index (χ1v) is 20.8. The zero-order valence-corrected chi connectivity index (χ0v) is 33.1. The van der Waals surface area contributed by atoms with Crippen LogP contribution in [0.1, 0.15) is 168 Å². The molecule has 0 aromatic carbocycles. The van der Waals surface area contributed by atoms with Crippen molar-refractivity contribution in [2.24, 2.45) is 0 Å². The zero-order valence-electron chi connectivity index (χ0n) is 33.1. The topological polar surface area (TPSA) is 55.8 Å². The molecule has 290 valence electrons. The van der Waals surface area contributed by atoms with Gasteiger partial charge in [0.05, 0.1) is 13.2 Å². The van der Waals surface area contributed by atoms with Gasteiger partial charge < -0.3 is 14.6 Å². The van der Waals surface area contributed by atoms with Gasteiger partial charge in [-0.3, -0.25) is 4.79 Å². The molecule has 0 amide bonds. The van der Waals surface area contributed by atoms with Crippen LogP contribution in [0.2, 0.25) is 0 Å². The first-order chi connectivity index (χ1) is 25.2. The van der Waals surface area contributed by atoms with Gasteiger partial charge in [0.15, 0.2) is 0 Å². The fourth-order valence-corrected chi connectivity index (χ4v) is 5.37. The highest BCUT2D eigenvalue weighted by Crippen LogP contribution is 2.12. The van der Waals surface area contributed by atoms with Gasteiger partial charge in [-0.15, -0.1) is 0 Å². The molecule has 0 aliphatic carbocycles. The number of hydrogen-bond acceptors (Lipinski definition) is 4. The van der Waals surface area contributed by atoms with Crippen molar-refractivity contribution in [2.75, 3.05) is 19.8 Å². The summed E-state index contributed by atoms with van der Waals surface area (Å²) in [6.07, 6.45) is 61.8. The second-order valence-electron chi connectivity index (χ2n) is 13.3. The molecule has 0 heterocycles. The third-order valence-corrected chi connectivity index (χ3v) is 8.40. The molecule has 1 atom stereocenters. The van der Waals surface area contributed by atoms with E-state index in [-0.39, 0.29) is 19.2 Å². The van der Waals surface area contributed by atoms with Gasteiger partial charge in [-0.25, -0.2) is 0 Å². The Morgan fingerprint density at radius 1 is 0.471 bits per heavy atom. The summed E-state index contributed by atoms with van der Waals surface area (Å²) in [6, 6.07) is 0. The molecule has 0 aromatic heterocycles. The molecule has 4 heteroatoms. The standard InChI is InChI=1S/C47H78O4/c1-3-5-7-9-11-13-15-17-19-20-21-22-23-24-25-26-27-29-31-33-35-37-39-41-43-50-45-46(44-48)51-47(49)42-40-38-36-34-32-30-28-18-16-14-12-10-8-6-4-2/h5-8,11-14,17-19,21-22,24-25,28,46,48H,3-4,9-10,15-16,20,23,26-27,29-45H2,1-2H3/b7-5-,8-6-,13-11-,14-12-,19-17-,22-21-,25-24-,28-18-. The van der Waals surface area contributed by atoms with Gasteiger partial charge in [0, 0.05) is 13.0 Å². The predicted molar refractivity (Wildman–Crippen MR) is 223 cm³/mol. The summed E-state index contributed by atoms with van der Waals surface area (Å²) in [5.41, 5.74) is 0. The molecule has 0 aliphatic heterocycles. The summed E-state index contributed by atoms with van der Waals surface area (Å²) >= 11 is 0. The van der Waals surface area contributed by atoms with Crippen LogP contribution in [0.4, 0.5) is 0 Å². The largest absolute Gasteiger partial charge is 0.457 e. The maximum atomic E-state index is 12.2. The van der Waals surface area contributed by atoms with E-state index in [1.54, 1.807) is 0 Å². The van der Waals surface area contributed by atoms with Gasteiger partial charge >= 0.3 is 5.97 Å². The maximum absolute atomic E-state index is 12.2. The van der Waals surface area contributed by atoms with Gasteiger partial charge in [-0.2, -0.15) is 0 Å². The van der Waals surface area contributed by atoms with E-state index in [9.17, 15) is 9.90 Å². The van der Waals surface area contributed by atoms with E-state index in [0.29, 0.717) is 13.0 Å². The number of esters is 1.